The molecule has 12 heteroatoms. The van der Waals surface area contributed by atoms with Crippen LogP contribution in [0.3, 0.4) is 0 Å². The summed E-state index contributed by atoms with van der Waals surface area (Å²) in [6.07, 6.45) is 1.11. The van der Waals surface area contributed by atoms with E-state index >= 15 is 0 Å². The molecule has 0 bridgehead atoms. The van der Waals surface area contributed by atoms with E-state index in [1.165, 1.54) is 13.0 Å². The fraction of sp³-hybridized carbons (Fsp3) is 0.125. The number of hydrogen-bond acceptors (Lipinski definition) is 8. The van der Waals surface area contributed by atoms with Crippen LogP contribution in [0.25, 0.3) is 0 Å². The molecule has 0 aliphatic carbocycles. The van der Waals surface area contributed by atoms with Crippen molar-refractivity contribution in [1.29, 1.82) is 0 Å². The SMILES string of the molecule is CC(=O)Nc1nnc(S(=O)(=O)Nc2cc(Cl)ncn2)s1. The standard InChI is InChI=1S/C8H7ClN6O3S2/c1-4(16)12-7-13-14-8(19-7)20(17,18)15-6-2-5(9)10-3-11-6/h2-3H,1H3,(H,10,11,15)(H,12,13,16). The monoisotopic (exact) mass is 334 g/mol. The maximum Gasteiger partial charge on any atom is 0.292 e. The zero-order valence-corrected chi connectivity index (χ0v) is 12.3. The third-order valence-electron chi connectivity index (χ3n) is 1.79. The number of carbonyl (C=O) groups excluding carboxylic acids is 1. The van der Waals surface area contributed by atoms with Gasteiger partial charge in [-0.3, -0.25) is 9.52 Å². The van der Waals surface area contributed by atoms with Crippen LogP contribution in [-0.2, 0) is 14.8 Å². The second kappa shape index (κ2) is 5.64. The van der Waals surface area contributed by atoms with E-state index in [2.05, 4.69) is 30.2 Å². The van der Waals surface area contributed by atoms with Gasteiger partial charge in [0, 0.05) is 13.0 Å². The number of aromatic nitrogens is 4. The van der Waals surface area contributed by atoms with Crippen molar-refractivity contribution in [2.45, 2.75) is 11.3 Å². The van der Waals surface area contributed by atoms with Crippen molar-refractivity contribution in [3.63, 3.8) is 0 Å². The molecule has 2 aromatic rings. The van der Waals surface area contributed by atoms with E-state index in [0.29, 0.717) is 11.3 Å². The minimum Gasteiger partial charge on any atom is -0.301 e. The zero-order valence-electron chi connectivity index (χ0n) is 9.86. The van der Waals surface area contributed by atoms with Crippen LogP contribution in [0.4, 0.5) is 10.9 Å². The van der Waals surface area contributed by atoms with Crippen LogP contribution in [0.5, 0.6) is 0 Å². The van der Waals surface area contributed by atoms with E-state index in [4.69, 9.17) is 11.6 Å². The molecular formula is C8H7ClN6O3S2. The van der Waals surface area contributed by atoms with Gasteiger partial charge in [-0.25, -0.2) is 9.97 Å². The molecule has 0 unspecified atom stereocenters. The number of nitrogens with zero attached hydrogens (tertiary/aromatic N) is 4. The quantitative estimate of drug-likeness (QED) is 0.623. The maximum atomic E-state index is 12.0. The van der Waals surface area contributed by atoms with Crippen LogP contribution in [0.15, 0.2) is 16.7 Å². The predicted octanol–water partition coefficient (Wildman–Crippen LogP) is 0.741. The first-order chi connectivity index (χ1) is 9.37. The van der Waals surface area contributed by atoms with Crippen molar-refractivity contribution < 1.29 is 13.2 Å². The number of anilines is 2. The smallest absolute Gasteiger partial charge is 0.292 e. The highest BCUT2D eigenvalue weighted by Gasteiger charge is 2.21. The third kappa shape index (κ3) is 3.59. The number of sulfonamides is 1. The van der Waals surface area contributed by atoms with Crippen molar-refractivity contribution in [3.8, 4) is 0 Å². The molecule has 0 saturated heterocycles. The largest absolute Gasteiger partial charge is 0.301 e. The molecule has 0 aliphatic rings. The molecule has 2 rings (SSSR count). The summed E-state index contributed by atoms with van der Waals surface area (Å²) >= 11 is 6.33. The van der Waals surface area contributed by atoms with Gasteiger partial charge in [-0.1, -0.05) is 22.9 Å². The van der Waals surface area contributed by atoms with Crippen LogP contribution < -0.4 is 10.0 Å². The second-order valence-electron chi connectivity index (χ2n) is 3.39. The highest BCUT2D eigenvalue weighted by Crippen LogP contribution is 2.22. The Balaban J connectivity index is 2.22. The van der Waals surface area contributed by atoms with Crippen molar-refractivity contribution in [2.24, 2.45) is 0 Å². The van der Waals surface area contributed by atoms with Crippen LogP contribution in [-0.4, -0.2) is 34.5 Å². The zero-order chi connectivity index (χ0) is 14.8. The fourth-order valence-electron chi connectivity index (χ4n) is 1.09. The lowest BCUT2D eigenvalue weighted by Crippen LogP contribution is -2.13. The summed E-state index contributed by atoms with van der Waals surface area (Å²) in [5, 5.41) is 9.54. The molecule has 106 valence electrons. The summed E-state index contributed by atoms with van der Waals surface area (Å²) < 4.78 is 25.8. The van der Waals surface area contributed by atoms with Crippen molar-refractivity contribution in [2.75, 3.05) is 10.0 Å². The Morgan fingerprint density at radius 1 is 1.35 bits per heavy atom. The van der Waals surface area contributed by atoms with E-state index in [-0.39, 0.29) is 26.3 Å². The normalized spacial score (nSPS) is 11.1. The Morgan fingerprint density at radius 2 is 2.10 bits per heavy atom. The number of rotatable bonds is 4. The average molecular weight is 335 g/mol. The molecule has 20 heavy (non-hydrogen) atoms. The summed E-state index contributed by atoms with van der Waals surface area (Å²) in [5.41, 5.74) is 0. The lowest BCUT2D eigenvalue weighted by Gasteiger charge is -2.03. The Bertz CT molecular complexity index is 746. The number of halogens is 1. The molecule has 2 aromatic heterocycles. The molecule has 0 atom stereocenters. The van der Waals surface area contributed by atoms with E-state index in [0.717, 1.165) is 6.33 Å². The molecule has 0 aliphatic heterocycles. The summed E-state index contributed by atoms with van der Waals surface area (Å²) in [6.45, 7) is 1.27. The van der Waals surface area contributed by atoms with Gasteiger partial charge in [0.2, 0.25) is 11.0 Å². The summed E-state index contributed by atoms with van der Waals surface area (Å²) in [5.74, 6) is -0.373. The second-order valence-corrected chi connectivity index (χ2v) is 6.61. The molecule has 2 N–H and O–H groups in total. The first kappa shape index (κ1) is 14.6. The maximum absolute atomic E-state index is 12.0. The first-order valence-electron chi connectivity index (χ1n) is 4.98. The van der Waals surface area contributed by atoms with E-state index < -0.39 is 10.0 Å². The molecule has 1 amide bonds. The minimum absolute atomic E-state index is 0.00118. The summed E-state index contributed by atoms with van der Waals surface area (Å²) in [7, 11) is -3.95. The topological polar surface area (TPSA) is 127 Å². The van der Waals surface area contributed by atoms with Gasteiger partial charge in [0.25, 0.3) is 14.4 Å². The Kier molecular flexibility index (Phi) is 4.11. The van der Waals surface area contributed by atoms with Crippen molar-refractivity contribution >= 4 is 49.8 Å². The predicted molar refractivity (Wildman–Crippen MR) is 72.1 cm³/mol. The lowest BCUT2D eigenvalue weighted by atomic mass is 10.6. The van der Waals surface area contributed by atoms with Gasteiger partial charge >= 0.3 is 0 Å². The van der Waals surface area contributed by atoms with Gasteiger partial charge in [-0.15, -0.1) is 10.2 Å². The van der Waals surface area contributed by atoms with Crippen molar-refractivity contribution in [3.05, 3.63) is 17.5 Å². The summed E-state index contributed by atoms with van der Waals surface area (Å²) in [6, 6.07) is 1.24. The van der Waals surface area contributed by atoms with Gasteiger partial charge in [0.15, 0.2) is 0 Å². The fourth-order valence-corrected chi connectivity index (χ4v) is 3.18. The Hall–Kier alpha value is -1.85. The Morgan fingerprint density at radius 3 is 2.75 bits per heavy atom. The molecule has 0 spiro atoms. The molecule has 0 saturated carbocycles. The van der Waals surface area contributed by atoms with E-state index in [1.54, 1.807) is 0 Å². The highest BCUT2D eigenvalue weighted by molar-refractivity contribution is 7.94. The lowest BCUT2D eigenvalue weighted by molar-refractivity contribution is -0.114. The molecule has 9 nitrogen and oxygen atoms in total. The van der Waals surface area contributed by atoms with Gasteiger partial charge < -0.3 is 5.32 Å². The number of hydrogen-bond donors (Lipinski definition) is 2. The average Bonchev–Trinajstić information content (AvgIpc) is 2.76. The molecule has 2 heterocycles. The van der Waals surface area contributed by atoms with E-state index in [1.807, 2.05) is 0 Å². The van der Waals surface area contributed by atoms with Gasteiger partial charge in [-0.2, -0.15) is 8.42 Å². The van der Waals surface area contributed by atoms with Gasteiger partial charge in [-0.05, 0) is 0 Å². The van der Waals surface area contributed by atoms with Crippen LogP contribution in [0.1, 0.15) is 6.92 Å². The number of amides is 1. The van der Waals surface area contributed by atoms with Crippen LogP contribution in [0.2, 0.25) is 5.15 Å². The van der Waals surface area contributed by atoms with Gasteiger partial charge in [0.1, 0.15) is 17.3 Å². The molecule has 0 fully saturated rings. The van der Waals surface area contributed by atoms with E-state index in [9.17, 15) is 13.2 Å². The van der Waals surface area contributed by atoms with Crippen LogP contribution in [0, 0.1) is 0 Å². The minimum atomic E-state index is -3.95. The third-order valence-corrected chi connectivity index (χ3v) is 4.56. The van der Waals surface area contributed by atoms with Gasteiger partial charge in [0.05, 0.1) is 0 Å². The number of nitrogens with one attached hydrogen (secondary N) is 2. The molecular weight excluding hydrogens is 328 g/mol. The highest BCUT2D eigenvalue weighted by atomic mass is 35.5. The Labute approximate surface area is 122 Å². The molecule has 0 radical (unpaired) electrons. The van der Waals surface area contributed by atoms with Crippen LogP contribution >= 0.6 is 22.9 Å². The summed E-state index contributed by atoms with van der Waals surface area (Å²) in [4.78, 5) is 18.2. The van der Waals surface area contributed by atoms with Crippen molar-refractivity contribution in [1.82, 2.24) is 20.2 Å². The number of carbonyl (C=O) groups is 1. The first-order valence-corrected chi connectivity index (χ1v) is 7.66. The molecule has 0 aromatic carbocycles.